The fourth-order valence-electron chi connectivity index (χ4n) is 2.53. The second kappa shape index (κ2) is 4.06. The second-order valence-electron chi connectivity index (χ2n) is 4.62. The molecule has 0 bridgehead atoms. The van der Waals surface area contributed by atoms with Gasteiger partial charge in [0.25, 0.3) is 0 Å². The quantitative estimate of drug-likeness (QED) is 0.609. The molecule has 0 amide bonds. The van der Waals surface area contributed by atoms with Crippen molar-refractivity contribution in [3.05, 3.63) is 11.4 Å². The summed E-state index contributed by atoms with van der Waals surface area (Å²) in [6.45, 7) is 2.01. The first kappa shape index (κ1) is 10.8. The molecule has 1 aliphatic carbocycles. The lowest BCUT2D eigenvalue weighted by Crippen LogP contribution is -2.42. The van der Waals surface area contributed by atoms with Gasteiger partial charge in [0, 0.05) is 51.4 Å². The van der Waals surface area contributed by atoms with E-state index in [0.29, 0.717) is 0 Å². The van der Waals surface area contributed by atoms with E-state index in [9.17, 15) is 0 Å². The Morgan fingerprint density at radius 3 is 1.62 bits per heavy atom. The zero-order chi connectivity index (χ0) is 11.7. The van der Waals surface area contributed by atoms with Crippen LogP contribution in [0.5, 0.6) is 0 Å². The number of allylic oxidation sites excluding steroid dienone is 2. The summed E-state index contributed by atoms with van der Waals surface area (Å²) in [7, 11) is 4.15. The lowest BCUT2D eigenvalue weighted by molar-refractivity contribution is 0.222. The van der Waals surface area contributed by atoms with Crippen LogP contribution in [0.25, 0.3) is 0 Å². The van der Waals surface area contributed by atoms with Crippen molar-refractivity contribution < 1.29 is 0 Å². The Morgan fingerprint density at radius 1 is 0.938 bits per heavy atom. The largest absolute Gasteiger partial charge is 0.375 e. The molecule has 0 saturated heterocycles. The lowest BCUT2D eigenvalue weighted by Gasteiger charge is -2.41. The number of rotatable bonds is 0. The molecule has 1 aliphatic heterocycles. The van der Waals surface area contributed by atoms with E-state index in [0.717, 1.165) is 25.9 Å². The highest BCUT2D eigenvalue weighted by Crippen LogP contribution is 2.37. The van der Waals surface area contributed by atoms with Gasteiger partial charge in [0.05, 0.1) is 24.0 Å². The van der Waals surface area contributed by atoms with Crippen molar-refractivity contribution in [3.8, 4) is 12.1 Å². The molecule has 0 fully saturated rings. The molecule has 4 heteroatoms. The van der Waals surface area contributed by atoms with Gasteiger partial charge in [-0.15, -0.1) is 0 Å². The highest BCUT2D eigenvalue weighted by Gasteiger charge is 2.34. The van der Waals surface area contributed by atoms with Crippen LogP contribution in [0.4, 0.5) is 0 Å². The van der Waals surface area contributed by atoms with Crippen LogP contribution in [0.1, 0.15) is 12.8 Å². The molecule has 4 nitrogen and oxygen atoms in total. The summed E-state index contributed by atoms with van der Waals surface area (Å²) in [4.78, 5) is 4.46. The molecule has 0 aromatic carbocycles. The van der Waals surface area contributed by atoms with Gasteiger partial charge in [0.2, 0.25) is 0 Å². The Labute approximate surface area is 96.4 Å². The number of nitrogens with zero attached hydrogens (tertiary/aromatic N) is 4. The zero-order valence-corrected chi connectivity index (χ0v) is 9.77. The van der Waals surface area contributed by atoms with Crippen LogP contribution in [0.3, 0.4) is 0 Å². The van der Waals surface area contributed by atoms with Crippen LogP contribution in [-0.2, 0) is 0 Å². The topological polar surface area (TPSA) is 54.1 Å². The van der Waals surface area contributed by atoms with E-state index in [1.54, 1.807) is 0 Å². The molecule has 0 aromatic heterocycles. The normalized spacial score (nSPS) is 29.5. The number of likely N-dealkylation sites (N-methyl/N-ethyl adjacent to an activating group) is 2. The molecule has 2 atom stereocenters. The summed E-state index contributed by atoms with van der Waals surface area (Å²) in [6.07, 6.45) is 1.45. The Balaban J connectivity index is 2.33. The molecule has 0 saturated carbocycles. The van der Waals surface area contributed by atoms with E-state index in [-0.39, 0.29) is 11.8 Å². The summed E-state index contributed by atoms with van der Waals surface area (Å²) < 4.78 is 0. The molecule has 2 aliphatic rings. The van der Waals surface area contributed by atoms with Gasteiger partial charge < -0.3 is 9.80 Å². The predicted molar refractivity (Wildman–Crippen MR) is 59.7 cm³/mol. The first-order valence-electron chi connectivity index (χ1n) is 5.61. The van der Waals surface area contributed by atoms with Crippen LogP contribution >= 0.6 is 0 Å². The van der Waals surface area contributed by atoms with Crippen LogP contribution in [0.2, 0.25) is 0 Å². The number of nitriles is 2. The third-order valence-corrected chi connectivity index (χ3v) is 3.67. The smallest absolute Gasteiger partial charge is 0.0680 e. The third kappa shape index (κ3) is 1.61. The molecule has 84 valence electrons. The van der Waals surface area contributed by atoms with Gasteiger partial charge in [-0.2, -0.15) is 10.5 Å². The number of hydrogen-bond acceptors (Lipinski definition) is 4. The number of hydrogen-bond donors (Lipinski definition) is 0. The standard InChI is InChI=1S/C12H16N4/c1-15-3-4-16(2)12-6-10(8-14)9(7-13)5-11(12)15/h9-10H,3-6H2,1-2H3/t9-,10-/m0/s1. The molecule has 2 rings (SSSR count). The molecule has 0 aromatic rings. The average molecular weight is 216 g/mol. The van der Waals surface area contributed by atoms with E-state index in [2.05, 4.69) is 36.0 Å². The molecule has 1 heterocycles. The van der Waals surface area contributed by atoms with Crippen LogP contribution in [0.15, 0.2) is 11.4 Å². The minimum atomic E-state index is -0.141. The molecule has 0 unspecified atom stereocenters. The molecule has 0 spiro atoms. The maximum atomic E-state index is 9.08. The molecule has 0 N–H and O–H groups in total. The van der Waals surface area contributed by atoms with E-state index >= 15 is 0 Å². The minimum Gasteiger partial charge on any atom is -0.375 e. The first-order valence-corrected chi connectivity index (χ1v) is 5.61. The summed E-state index contributed by atoms with van der Waals surface area (Å²) in [5.41, 5.74) is 2.51. The predicted octanol–water partition coefficient (Wildman–Crippen LogP) is 1.15. The second-order valence-corrected chi connectivity index (χ2v) is 4.62. The summed E-state index contributed by atoms with van der Waals surface area (Å²) >= 11 is 0. The monoisotopic (exact) mass is 216 g/mol. The van der Waals surface area contributed by atoms with Crippen molar-refractivity contribution in [1.29, 1.82) is 10.5 Å². The van der Waals surface area contributed by atoms with Gasteiger partial charge in [-0.3, -0.25) is 0 Å². The highest BCUT2D eigenvalue weighted by atomic mass is 15.2. The SMILES string of the molecule is CN1CCN(C)C2=C1C[C@@H](C#N)[C@H](C#N)C2. The van der Waals surface area contributed by atoms with Crippen molar-refractivity contribution in [2.75, 3.05) is 27.2 Å². The molecular formula is C12H16N4. The van der Waals surface area contributed by atoms with Gasteiger partial charge in [-0.25, -0.2) is 0 Å². The third-order valence-electron chi connectivity index (χ3n) is 3.67. The van der Waals surface area contributed by atoms with Crippen molar-refractivity contribution in [2.45, 2.75) is 12.8 Å². The fraction of sp³-hybridized carbons (Fsp3) is 0.667. The van der Waals surface area contributed by atoms with Crippen molar-refractivity contribution >= 4 is 0 Å². The van der Waals surface area contributed by atoms with Gasteiger partial charge >= 0.3 is 0 Å². The van der Waals surface area contributed by atoms with Crippen LogP contribution < -0.4 is 0 Å². The van der Waals surface area contributed by atoms with Gasteiger partial charge in [0.15, 0.2) is 0 Å². The summed E-state index contributed by atoms with van der Waals surface area (Å²) in [6, 6.07) is 4.54. The Bertz CT molecular complexity index is 360. The van der Waals surface area contributed by atoms with Crippen molar-refractivity contribution in [2.24, 2.45) is 11.8 Å². The Kier molecular flexibility index (Phi) is 2.75. The van der Waals surface area contributed by atoms with Gasteiger partial charge in [-0.1, -0.05) is 0 Å². The summed E-state index contributed by atoms with van der Waals surface area (Å²) in [5, 5.41) is 18.2. The fourth-order valence-corrected chi connectivity index (χ4v) is 2.53. The van der Waals surface area contributed by atoms with E-state index in [1.807, 2.05) is 0 Å². The average Bonchev–Trinajstić information content (AvgIpc) is 2.32. The summed E-state index contributed by atoms with van der Waals surface area (Å²) in [5.74, 6) is -0.282. The van der Waals surface area contributed by atoms with Crippen molar-refractivity contribution in [3.63, 3.8) is 0 Å². The minimum absolute atomic E-state index is 0.141. The molecule has 16 heavy (non-hydrogen) atoms. The van der Waals surface area contributed by atoms with Gasteiger partial charge in [0.1, 0.15) is 0 Å². The highest BCUT2D eigenvalue weighted by molar-refractivity contribution is 5.24. The lowest BCUT2D eigenvalue weighted by atomic mass is 9.80. The van der Waals surface area contributed by atoms with Crippen molar-refractivity contribution in [1.82, 2.24) is 9.80 Å². The Morgan fingerprint density at radius 2 is 1.31 bits per heavy atom. The van der Waals surface area contributed by atoms with Gasteiger partial charge in [-0.05, 0) is 0 Å². The first-order chi connectivity index (χ1) is 7.67. The zero-order valence-electron chi connectivity index (χ0n) is 9.77. The Hall–Kier alpha value is -1.68. The maximum absolute atomic E-state index is 9.08. The molecule has 0 radical (unpaired) electrons. The maximum Gasteiger partial charge on any atom is 0.0680 e. The van der Waals surface area contributed by atoms with Crippen LogP contribution in [0, 0.1) is 34.5 Å². The van der Waals surface area contributed by atoms with Crippen LogP contribution in [-0.4, -0.2) is 37.0 Å². The van der Waals surface area contributed by atoms with E-state index in [1.165, 1.54) is 11.4 Å². The van der Waals surface area contributed by atoms with E-state index < -0.39 is 0 Å². The molecular weight excluding hydrogens is 200 g/mol. The van der Waals surface area contributed by atoms with E-state index in [4.69, 9.17) is 10.5 Å².